The molecule has 1 aromatic carbocycles. The lowest BCUT2D eigenvalue weighted by molar-refractivity contribution is -0.384. The fourth-order valence-corrected chi connectivity index (χ4v) is 1.00. The van der Waals surface area contributed by atoms with Crippen LogP contribution < -0.4 is 5.32 Å². The van der Waals surface area contributed by atoms with E-state index in [1.807, 2.05) is 0 Å². The van der Waals surface area contributed by atoms with E-state index in [9.17, 15) is 10.1 Å². The van der Waals surface area contributed by atoms with Gasteiger partial charge in [0.25, 0.3) is 5.69 Å². The molecule has 0 radical (unpaired) electrons. The molecule has 0 aromatic heterocycles. The van der Waals surface area contributed by atoms with Crippen molar-refractivity contribution in [1.29, 1.82) is 0 Å². The maximum atomic E-state index is 10.4. The van der Waals surface area contributed by atoms with Crippen molar-refractivity contribution in [3.63, 3.8) is 0 Å². The number of anilines is 1. The van der Waals surface area contributed by atoms with E-state index in [0.29, 0.717) is 5.69 Å². The third kappa shape index (κ3) is 2.60. The van der Waals surface area contributed by atoms with Crippen LogP contribution in [0.5, 0.6) is 5.75 Å². The van der Waals surface area contributed by atoms with Crippen molar-refractivity contribution in [3.8, 4) is 5.75 Å². The maximum Gasteiger partial charge on any atom is 0.275 e. The fraction of sp³-hybridized carbons (Fsp3) is 0.250. The number of rotatable bonds is 4. The average Bonchev–Trinajstić information content (AvgIpc) is 2.14. The Morgan fingerprint density at radius 1 is 1.43 bits per heavy atom. The van der Waals surface area contributed by atoms with Gasteiger partial charge in [0, 0.05) is 24.4 Å². The summed E-state index contributed by atoms with van der Waals surface area (Å²) in [5, 5.41) is 30.8. The average molecular weight is 198 g/mol. The molecule has 0 saturated heterocycles. The van der Waals surface area contributed by atoms with Crippen LogP contribution in [-0.4, -0.2) is 28.3 Å². The van der Waals surface area contributed by atoms with Crippen LogP contribution in [0.1, 0.15) is 0 Å². The fourth-order valence-electron chi connectivity index (χ4n) is 1.00. The number of nitrogens with one attached hydrogen (secondary N) is 1. The minimum Gasteiger partial charge on any atom is -0.508 e. The largest absolute Gasteiger partial charge is 0.508 e. The molecule has 0 aliphatic carbocycles. The molecule has 14 heavy (non-hydrogen) atoms. The van der Waals surface area contributed by atoms with E-state index in [0.717, 1.165) is 6.07 Å². The molecule has 0 aliphatic heterocycles. The summed E-state index contributed by atoms with van der Waals surface area (Å²) in [4.78, 5) is 9.80. The second-order valence-corrected chi connectivity index (χ2v) is 2.65. The number of nitro benzene ring substituents is 1. The zero-order chi connectivity index (χ0) is 10.6. The number of hydrogen-bond acceptors (Lipinski definition) is 5. The van der Waals surface area contributed by atoms with Crippen LogP contribution >= 0.6 is 0 Å². The minimum atomic E-state index is -0.593. The van der Waals surface area contributed by atoms with Gasteiger partial charge in [-0.3, -0.25) is 10.1 Å². The summed E-state index contributed by atoms with van der Waals surface area (Å²) in [7, 11) is 0. The van der Waals surface area contributed by atoms with Crippen LogP contribution in [0.15, 0.2) is 18.2 Å². The van der Waals surface area contributed by atoms with Crippen LogP contribution in [-0.2, 0) is 0 Å². The van der Waals surface area contributed by atoms with Crippen molar-refractivity contribution in [2.24, 2.45) is 0 Å². The lowest BCUT2D eigenvalue weighted by Gasteiger charge is -2.04. The van der Waals surface area contributed by atoms with Crippen LogP contribution in [0.4, 0.5) is 11.4 Å². The second-order valence-electron chi connectivity index (χ2n) is 2.65. The molecule has 1 rings (SSSR count). The molecular formula is C8H10N2O4. The monoisotopic (exact) mass is 198 g/mol. The SMILES string of the molecule is O=[N+]([O-])c1cc(O)cc(NCCO)c1. The van der Waals surface area contributed by atoms with E-state index in [1.165, 1.54) is 12.1 Å². The molecule has 0 amide bonds. The summed E-state index contributed by atoms with van der Waals surface area (Å²) in [5.41, 5.74) is 0.219. The summed E-state index contributed by atoms with van der Waals surface area (Å²) in [6.45, 7) is 0.198. The number of aromatic hydroxyl groups is 1. The lowest BCUT2D eigenvalue weighted by Crippen LogP contribution is -2.05. The van der Waals surface area contributed by atoms with Crippen molar-refractivity contribution in [2.45, 2.75) is 0 Å². The van der Waals surface area contributed by atoms with Crippen LogP contribution in [0.2, 0.25) is 0 Å². The van der Waals surface area contributed by atoms with Crippen molar-refractivity contribution in [3.05, 3.63) is 28.3 Å². The quantitative estimate of drug-likeness (QED) is 0.489. The predicted octanol–water partition coefficient (Wildman–Crippen LogP) is 0.705. The Morgan fingerprint density at radius 2 is 2.14 bits per heavy atom. The topological polar surface area (TPSA) is 95.6 Å². The molecule has 0 saturated carbocycles. The zero-order valence-corrected chi connectivity index (χ0v) is 7.30. The van der Waals surface area contributed by atoms with E-state index in [-0.39, 0.29) is 24.6 Å². The van der Waals surface area contributed by atoms with Gasteiger partial charge in [0.05, 0.1) is 17.6 Å². The Labute approximate surface area is 80.0 Å². The highest BCUT2D eigenvalue weighted by Crippen LogP contribution is 2.24. The number of phenols is 1. The van der Waals surface area contributed by atoms with Gasteiger partial charge in [-0.05, 0) is 0 Å². The van der Waals surface area contributed by atoms with Gasteiger partial charge < -0.3 is 15.5 Å². The Hall–Kier alpha value is -1.82. The van der Waals surface area contributed by atoms with E-state index in [2.05, 4.69) is 5.32 Å². The number of aliphatic hydroxyl groups is 1. The number of phenolic OH excluding ortho intramolecular Hbond substituents is 1. The number of nitro groups is 1. The lowest BCUT2D eigenvalue weighted by atomic mass is 10.2. The van der Waals surface area contributed by atoms with Gasteiger partial charge in [-0.25, -0.2) is 0 Å². The maximum absolute atomic E-state index is 10.4. The number of benzene rings is 1. The third-order valence-corrected chi connectivity index (χ3v) is 1.55. The third-order valence-electron chi connectivity index (χ3n) is 1.55. The number of aliphatic hydroxyl groups excluding tert-OH is 1. The Balaban J connectivity index is 2.89. The first-order valence-electron chi connectivity index (χ1n) is 3.96. The van der Waals surface area contributed by atoms with Crippen molar-refractivity contribution < 1.29 is 15.1 Å². The van der Waals surface area contributed by atoms with E-state index in [4.69, 9.17) is 10.2 Å². The van der Waals surface area contributed by atoms with E-state index < -0.39 is 4.92 Å². The van der Waals surface area contributed by atoms with Gasteiger partial charge in [-0.15, -0.1) is 0 Å². The van der Waals surface area contributed by atoms with Crippen LogP contribution in [0.3, 0.4) is 0 Å². The minimum absolute atomic E-state index is 0.0799. The van der Waals surface area contributed by atoms with E-state index in [1.54, 1.807) is 0 Å². The molecule has 0 atom stereocenters. The molecule has 0 bridgehead atoms. The summed E-state index contributed by atoms with van der Waals surface area (Å²) in [6, 6.07) is 3.70. The number of non-ortho nitro benzene ring substituents is 1. The highest BCUT2D eigenvalue weighted by atomic mass is 16.6. The highest BCUT2D eigenvalue weighted by molar-refractivity contribution is 5.55. The molecule has 0 unspecified atom stereocenters. The Morgan fingerprint density at radius 3 is 2.71 bits per heavy atom. The van der Waals surface area contributed by atoms with Gasteiger partial charge in [0.15, 0.2) is 0 Å². The normalized spacial score (nSPS) is 9.79. The van der Waals surface area contributed by atoms with Crippen LogP contribution in [0.25, 0.3) is 0 Å². The molecule has 1 aromatic rings. The van der Waals surface area contributed by atoms with Gasteiger partial charge in [-0.1, -0.05) is 0 Å². The Kier molecular flexibility index (Phi) is 3.24. The van der Waals surface area contributed by atoms with Gasteiger partial charge >= 0.3 is 0 Å². The first-order valence-corrected chi connectivity index (χ1v) is 3.96. The molecule has 6 nitrogen and oxygen atoms in total. The molecule has 0 aliphatic rings. The van der Waals surface area contributed by atoms with Crippen LogP contribution in [0, 0.1) is 10.1 Å². The molecule has 6 heteroatoms. The van der Waals surface area contributed by atoms with Crippen molar-refractivity contribution in [1.82, 2.24) is 0 Å². The van der Waals surface area contributed by atoms with Crippen molar-refractivity contribution in [2.75, 3.05) is 18.5 Å². The summed E-state index contributed by atoms with van der Waals surface area (Å²) in [5.74, 6) is -0.181. The summed E-state index contributed by atoms with van der Waals surface area (Å²) >= 11 is 0. The summed E-state index contributed by atoms with van der Waals surface area (Å²) < 4.78 is 0. The first-order chi connectivity index (χ1) is 6.63. The van der Waals surface area contributed by atoms with E-state index >= 15 is 0 Å². The second kappa shape index (κ2) is 4.43. The predicted molar refractivity (Wildman–Crippen MR) is 50.3 cm³/mol. The van der Waals surface area contributed by atoms with Gasteiger partial charge in [0.2, 0.25) is 0 Å². The number of hydrogen-bond donors (Lipinski definition) is 3. The molecular weight excluding hydrogens is 188 g/mol. The standard InChI is InChI=1S/C8H10N2O4/c11-2-1-9-6-3-7(10(13)14)5-8(12)4-6/h3-5,9,11-12H,1-2H2. The zero-order valence-electron chi connectivity index (χ0n) is 7.30. The molecule has 0 heterocycles. The molecule has 0 spiro atoms. The van der Waals surface area contributed by atoms with Gasteiger partial charge in [-0.2, -0.15) is 0 Å². The highest BCUT2D eigenvalue weighted by Gasteiger charge is 2.08. The summed E-state index contributed by atoms with van der Waals surface area (Å²) in [6.07, 6.45) is 0. The number of nitrogens with zero attached hydrogens (tertiary/aromatic N) is 1. The van der Waals surface area contributed by atoms with Gasteiger partial charge in [0.1, 0.15) is 5.75 Å². The smallest absolute Gasteiger partial charge is 0.275 e. The Bertz CT molecular complexity index is 340. The first kappa shape index (κ1) is 10.3. The molecule has 76 valence electrons. The molecule has 0 fully saturated rings. The molecule has 3 N–H and O–H groups in total. The van der Waals surface area contributed by atoms with Crippen molar-refractivity contribution >= 4 is 11.4 Å².